The van der Waals surface area contributed by atoms with Gasteiger partial charge in [0.05, 0.1) is 18.6 Å². The highest BCUT2D eigenvalue weighted by atomic mass is 16.7. The van der Waals surface area contributed by atoms with Crippen LogP contribution in [0.25, 0.3) is 0 Å². The number of benzene rings is 1. The van der Waals surface area contributed by atoms with Crippen molar-refractivity contribution in [1.82, 2.24) is 4.90 Å². The first-order valence-electron chi connectivity index (χ1n) is 9.20. The van der Waals surface area contributed by atoms with E-state index in [9.17, 15) is 4.79 Å². The molecule has 4 nitrogen and oxygen atoms in total. The fraction of sp³-hybridized carbons (Fsp3) is 0.650. The normalized spacial score (nSPS) is 24.3. The van der Waals surface area contributed by atoms with E-state index in [0.29, 0.717) is 25.0 Å². The molecule has 1 amide bonds. The highest BCUT2D eigenvalue weighted by molar-refractivity contribution is 5.91. The second-order valence-electron chi connectivity index (χ2n) is 7.70. The van der Waals surface area contributed by atoms with Gasteiger partial charge in [-0.2, -0.15) is 0 Å². The van der Waals surface area contributed by atoms with Gasteiger partial charge in [-0.3, -0.25) is 4.79 Å². The Balaban J connectivity index is 1.44. The lowest BCUT2D eigenvalue weighted by molar-refractivity contribution is -0.139. The number of carbonyl (C=O) groups excluding carboxylic acids is 1. The zero-order valence-corrected chi connectivity index (χ0v) is 14.7. The predicted octanol–water partition coefficient (Wildman–Crippen LogP) is 2.95. The summed E-state index contributed by atoms with van der Waals surface area (Å²) >= 11 is 0. The van der Waals surface area contributed by atoms with E-state index in [1.807, 2.05) is 0 Å². The van der Waals surface area contributed by atoms with Crippen molar-refractivity contribution < 1.29 is 14.3 Å². The number of aryl methyl sites for hydroxylation is 2. The molecule has 0 N–H and O–H groups in total. The molecule has 24 heavy (non-hydrogen) atoms. The van der Waals surface area contributed by atoms with Crippen LogP contribution in [0.3, 0.4) is 0 Å². The summed E-state index contributed by atoms with van der Waals surface area (Å²) in [5, 5.41) is 0. The number of nitrogens with zero attached hydrogens (tertiary/aromatic N) is 1. The number of carbonyl (C=O) groups is 1. The molecule has 0 unspecified atom stereocenters. The van der Waals surface area contributed by atoms with E-state index in [1.54, 1.807) is 0 Å². The molecule has 3 aliphatic rings. The minimum Gasteiger partial charge on any atom is -0.350 e. The molecule has 0 atom stereocenters. The van der Waals surface area contributed by atoms with Gasteiger partial charge in [0.1, 0.15) is 0 Å². The van der Waals surface area contributed by atoms with Crippen LogP contribution >= 0.6 is 0 Å². The lowest BCUT2D eigenvalue weighted by Crippen LogP contribution is -2.45. The lowest BCUT2D eigenvalue weighted by atomic mass is 9.89. The molecule has 1 aromatic rings. The van der Waals surface area contributed by atoms with Crippen molar-refractivity contribution in [2.75, 3.05) is 26.3 Å². The minimum atomic E-state index is -0.246. The van der Waals surface area contributed by atoms with Crippen molar-refractivity contribution >= 4 is 5.91 Å². The minimum absolute atomic E-state index is 0.0449. The fourth-order valence-electron chi connectivity index (χ4n) is 4.33. The van der Waals surface area contributed by atoms with Gasteiger partial charge in [0, 0.05) is 19.0 Å². The average molecular weight is 329 g/mol. The first-order valence-corrected chi connectivity index (χ1v) is 9.20. The van der Waals surface area contributed by atoms with Crippen molar-refractivity contribution in [3.05, 3.63) is 34.9 Å². The van der Waals surface area contributed by atoms with Gasteiger partial charge in [0.25, 0.3) is 0 Å². The number of hydrogen-bond acceptors (Lipinski definition) is 3. The molecule has 4 rings (SSSR count). The molecule has 0 aromatic heterocycles. The molecule has 2 heterocycles. The van der Waals surface area contributed by atoms with Crippen LogP contribution in [0, 0.1) is 19.8 Å². The van der Waals surface area contributed by atoms with Gasteiger partial charge < -0.3 is 14.4 Å². The number of amides is 1. The lowest BCUT2D eigenvalue weighted by Gasteiger charge is -2.36. The van der Waals surface area contributed by atoms with Crippen molar-refractivity contribution in [3.8, 4) is 0 Å². The Morgan fingerprint density at radius 2 is 1.62 bits per heavy atom. The van der Waals surface area contributed by atoms with Crippen LogP contribution < -0.4 is 0 Å². The third-order valence-corrected chi connectivity index (χ3v) is 5.79. The largest absolute Gasteiger partial charge is 0.350 e. The van der Waals surface area contributed by atoms with E-state index < -0.39 is 0 Å². The highest BCUT2D eigenvalue weighted by Crippen LogP contribution is 2.50. The topological polar surface area (TPSA) is 38.8 Å². The van der Waals surface area contributed by atoms with E-state index >= 15 is 0 Å². The molecule has 3 fully saturated rings. The molecule has 130 valence electrons. The Labute approximate surface area is 144 Å². The number of rotatable bonds is 3. The van der Waals surface area contributed by atoms with E-state index in [4.69, 9.17) is 9.47 Å². The number of likely N-dealkylation sites (tertiary alicyclic amines) is 1. The Hall–Kier alpha value is -1.39. The van der Waals surface area contributed by atoms with Crippen LogP contribution in [0.1, 0.15) is 42.4 Å². The maximum Gasteiger partial charge on any atom is 0.233 e. The maximum absolute atomic E-state index is 13.2. The summed E-state index contributed by atoms with van der Waals surface area (Å²) in [7, 11) is 0. The summed E-state index contributed by atoms with van der Waals surface area (Å²) < 4.78 is 11.3. The molecule has 1 aromatic carbocycles. The maximum atomic E-state index is 13.2. The molecular formula is C20H27NO3. The zero-order chi connectivity index (χ0) is 16.7. The van der Waals surface area contributed by atoms with Crippen LogP contribution in [0.4, 0.5) is 0 Å². The molecule has 2 aliphatic heterocycles. The Bertz CT molecular complexity index is 604. The quantitative estimate of drug-likeness (QED) is 0.856. The third kappa shape index (κ3) is 2.86. The summed E-state index contributed by atoms with van der Waals surface area (Å²) in [5.41, 5.74) is 3.47. The van der Waals surface area contributed by atoms with E-state index in [2.05, 4.69) is 36.9 Å². The molecule has 0 spiro atoms. The third-order valence-electron chi connectivity index (χ3n) is 5.79. The van der Waals surface area contributed by atoms with Gasteiger partial charge in [-0.1, -0.05) is 29.3 Å². The molecule has 1 saturated carbocycles. The van der Waals surface area contributed by atoms with Gasteiger partial charge in [-0.05, 0) is 45.1 Å². The fourth-order valence-corrected chi connectivity index (χ4v) is 4.33. The summed E-state index contributed by atoms with van der Waals surface area (Å²) in [6, 6.07) is 6.58. The van der Waals surface area contributed by atoms with Gasteiger partial charge in [0.15, 0.2) is 6.29 Å². The average Bonchev–Trinajstić information content (AvgIpc) is 3.20. The van der Waals surface area contributed by atoms with Crippen LogP contribution in [0.5, 0.6) is 0 Å². The smallest absolute Gasteiger partial charge is 0.233 e. The number of ether oxygens (including phenoxy) is 2. The second-order valence-corrected chi connectivity index (χ2v) is 7.70. The number of piperidine rings is 1. The summed E-state index contributed by atoms with van der Waals surface area (Å²) in [4.78, 5) is 15.3. The molecular weight excluding hydrogens is 302 g/mol. The predicted molar refractivity (Wildman–Crippen MR) is 91.8 cm³/mol. The standard InChI is InChI=1S/C20H27NO3/c1-14-11-15(2)13-17(12-14)20(5-6-20)19(22)21-7-3-16(4-8-21)18-23-9-10-24-18/h11-13,16,18H,3-10H2,1-2H3. The van der Waals surface area contributed by atoms with E-state index in [0.717, 1.165) is 38.8 Å². The van der Waals surface area contributed by atoms with Gasteiger partial charge in [-0.15, -0.1) is 0 Å². The molecule has 4 heteroatoms. The summed E-state index contributed by atoms with van der Waals surface area (Å²) in [6.45, 7) is 7.31. The van der Waals surface area contributed by atoms with E-state index in [1.165, 1.54) is 16.7 Å². The molecule has 0 radical (unpaired) electrons. The van der Waals surface area contributed by atoms with Crippen molar-refractivity contribution in [3.63, 3.8) is 0 Å². The first-order chi connectivity index (χ1) is 11.6. The summed E-state index contributed by atoms with van der Waals surface area (Å²) in [5.74, 6) is 0.770. The van der Waals surface area contributed by atoms with Crippen LogP contribution in [-0.4, -0.2) is 43.4 Å². The first kappa shape index (κ1) is 16.1. The molecule has 2 saturated heterocycles. The zero-order valence-electron chi connectivity index (χ0n) is 14.7. The second kappa shape index (κ2) is 6.16. The van der Waals surface area contributed by atoms with Gasteiger partial charge >= 0.3 is 0 Å². The van der Waals surface area contributed by atoms with E-state index in [-0.39, 0.29) is 11.7 Å². The van der Waals surface area contributed by atoms with Crippen molar-refractivity contribution in [2.45, 2.75) is 51.2 Å². The SMILES string of the molecule is Cc1cc(C)cc(C2(C(=O)N3CCC(C4OCCO4)CC3)CC2)c1. The molecule has 1 aliphatic carbocycles. The van der Waals surface area contributed by atoms with Crippen molar-refractivity contribution in [2.24, 2.45) is 5.92 Å². The van der Waals surface area contributed by atoms with Gasteiger partial charge in [-0.25, -0.2) is 0 Å². The molecule has 0 bridgehead atoms. The summed E-state index contributed by atoms with van der Waals surface area (Å²) in [6.07, 6.45) is 3.91. The van der Waals surface area contributed by atoms with Gasteiger partial charge in [0.2, 0.25) is 5.91 Å². The monoisotopic (exact) mass is 329 g/mol. The van der Waals surface area contributed by atoms with Crippen LogP contribution in [0.2, 0.25) is 0 Å². The van der Waals surface area contributed by atoms with Crippen molar-refractivity contribution in [1.29, 1.82) is 0 Å². The number of hydrogen-bond donors (Lipinski definition) is 0. The van der Waals surface area contributed by atoms with Crippen LogP contribution in [0.15, 0.2) is 18.2 Å². The van der Waals surface area contributed by atoms with Crippen LogP contribution in [-0.2, 0) is 19.7 Å². The Morgan fingerprint density at radius 3 is 2.17 bits per heavy atom. The Kier molecular flexibility index (Phi) is 4.13. The Morgan fingerprint density at radius 1 is 1.04 bits per heavy atom. The highest BCUT2D eigenvalue weighted by Gasteiger charge is 2.53.